The SMILES string of the molecule is C[C@@H]1CCC[C@@H](C)N1C(=O)CN1CCc2nc(N3CCCC3)[nH]c(=O)c2C1. The van der Waals surface area contributed by atoms with Crippen LogP contribution in [0.5, 0.6) is 0 Å². The fourth-order valence-electron chi connectivity index (χ4n) is 4.87. The zero-order valence-electron chi connectivity index (χ0n) is 16.5. The van der Waals surface area contributed by atoms with E-state index in [-0.39, 0.29) is 11.5 Å². The number of hydrogen-bond donors (Lipinski definition) is 1. The van der Waals surface area contributed by atoms with Crippen LogP contribution in [-0.4, -0.2) is 63.9 Å². The van der Waals surface area contributed by atoms with Crippen LogP contribution in [-0.2, 0) is 17.8 Å². The molecule has 0 bridgehead atoms. The van der Waals surface area contributed by atoms with E-state index in [1.54, 1.807) is 0 Å². The first-order chi connectivity index (χ1) is 13.0. The van der Waals surface area contributed by atoms with Gasteiger partial charge < -0.3 is 9.80 Å². The van der Waals surface area contributed by atoms with E-state index in [0.717, 1.165) is 68.9 Å². The Balaban J connectivity index is 1.45. The second-order valence-electron chi connectivity index (χ2n) is 8.40. The maximum atomic E-state index is 12.9. The number of aromatic amines is 1. The van der Waals surface area contributed by atoms with Gasteiger partial charge >= 0.3 is 0 Å². The van der Waals surface area contributed by atoms with E-state index >= 15 is 0 Å². The van der Waals surface area contributed by atoms with Crippen molar-refractivity contribution in [2.45, 2.75) is 71.0 Å². The lowest BCUT2D eigenvalue weighted by molar-refractivity contribution is -0.138. The lowest BCUT2D eigenvalue weighted by Gasteiger charge is -2.40. The molecule has 0 unspecified atom stereocenters. The molecule has 0 aromatic carbocycles. The molecule has 0 aliphatic carbocycles. The van der Waals surface area contributed by atoms with E-state index in [1.807, 2.05) is 0 Å². The molecule has 1 aromatic heterocycles. The summed E-state index contributed by atoms with van der Waals surface area (Å²) in [5.41, 5.74) is 1.60. The molecule has 148 valence electrons. The highest BCUT2D eigenvalue weighted by Gasteiger charge is 2.31. The number of H-pyrrole nitrogens is 1. The smallest absolute Gasteiger partial charge is 0.257 e. The summed E-state index contributed by atoms with van der Waals surface area (Å²) in [6, 6.07) is 0.623. The van der Waals surface area contributed by atoms with Gasteiger partial charge in [-0.15, -0.1) is 0 Å². The highest BCUT2D eigenvalue weighted by molar-refractivity contribution is 5.79. The average molecular weight is 374 g/mol. The fourth-order valence-corrected chi connectivity index (χ4v) is 4.87. The number of carbonyl (C=O) groups excluding carboxylic acids is 1. The molecule has 27 heavy (non-hydrogen) atoms. The first-order valence-electron chi connectivity index (χ1n) is 10.4. The third-order valence-electron chi connectivity index (χ3n) is 6.38. The van der Waals surface area contributed by atoms with Crippen LogP contribution in [0.4, 0.5) is 5.95 Å². The predicted molar refractivity (Wildman–Crippen MR) is 105 cm³/mol. The molecule has 2 atom stereocenters. The van der Waals surface area contributed by atoms with Gasteiger partial charge in [0.05, 0.1) is 17.8 Å². The molecule has 7 heteroatoms. The molecule has 4 rings (SSSR count). The minimum atomic E-state index is -0.0428. The molecule has 0 saturated carbocycles. The number of nitrogens with zero attached hydrogens (tertiary/aromatic N) is 4. The first kappa shape index (κ1) is 18.5. The zero-order chi connectivity index (χ0) is 19.0. The maximum Gasteiger partial charge on any atom is 0.257 e. The molecular formula is C20H31N5O2. The van der Waals surface area contributed by atoms with Gasteiger partial charge in [-0.3, -0.25) is 19.5 Å². The Morgan fingerprint density at radius 2 is 1.81 bits per heavy atom. The Labute approximate surface area is 160 Å². The van der Waals surface area contributed by atoms with Crippen LogP contribution in [0.3, 0.4) is 0 Å². The van der Waals surface area contributed by atoms with Gasteiger partial charge in [0, 0.05) is 44.7 Å². The number of amides is 1. The Bertz CT molecular complexity index is 745. The van der Waals surface area contributed by atoms with Crippen molar-refractivity contribution in [2.75, 3.05) is 31.1 Å². The van der Waals surface area contributed by atoms with E-state index in [9.17, 15) is 9.59 Å². The van der Waals surface area contributed by atoms with E-state index in [4.69, 9.17) is 4.98 Å². The third kappa shape index (κ3) is 3.74. The molecule has 1 N–H and O–H groups in total. The largest absolute Gasteiger partial charge is 0.342 e. The summed E-state index contributed by atoms with van der Waals surface area (Å²) in [7, 11) is 0. The summed E-state index contributed by atoms with van der Waals surface area (Å²) < 4.78 is 0. The second-order valence-corrected chi connectivity index (χ2v) is 8.40. The minimum absolute atomic E-state index is 0.0428. The maximum absolute atomic E-state index is 12.9. The summed E-state index contributed by atoms with van der Waals surface area (Å²) >= 11 is 0. The Morgan fingerprint density at radius 1 is 1.11 bits per heavy atom. The van der Waals surface area contributed by atoms with Crippen LogP contribution < -0.4 is 10.5 Å². The number of nitrogens with one attached hydrogen (secondary N) is 1. The van der Waals surface area contributed by atoms with Crippen LogP contribution in [0.1, 0.15) is 57.2 Å². The number of piperidine rings is 1. The van der Waals surface area contributed by atoms with Gasteiger partial charge in [0.2, 0.25) is 11.9 Å². The molecule has 0 spiro atoms. The number of rotatable bonds is 3. The summed E-state index contributed by atoms with van der Waals surface area (Å²) in [6.45, 7) is 7.91. The molecule has 2 fully saturated rings. The van der Waals surface area contributed by atoms with Crippen molar-refractivity contribution in [3.05, 3.63) is 21.6 Å². The van der Waals surface area contributed by atoms with Crippen molar-refractivity contribution in [1.29, 1.82) is 0 Å². The number of anilines is 1. The molecule has 3 aliphatic rings. The summed E-state index contributed by atoms with van der Waals surface area (Å²) in [6.07, 6.45) is 6.42. The van der Waals surface area contributed by atoms with Crippen molar-refractivity contribution in [2.24, 2.45) is 0 Å². The first-order valence-corrected chi connectivity index (χ1v) is 10.4. The van der Waals surface area contributed by atoms with Gasteiger partial charge in [-0.2, -0.15) is 0 Å². The number of hydrogen-bond acceptors (Lipinski definition) is 5. The van der Waals surface area contributed by atoms with Gasteiger partial charge in [-0.05, 0) is 46.0 Å². The normalized spacial score (nSPS) is 26.3. The topological polar surface area (TPSA) is 72.5 Å². The van der Waals surface area contributed by atoms with Crippen LogP contribution in [0.15, 0.2) is 4.79 Å². The second kappa shape index (κ2) is 7.62. The lowest BCUT2D eigenvalue weighted by atomic mass is 9.97. The van der Waals surface area contributed by atoms with Crippen molar-refractivity contribution in [1.82, 2.24) is 19.8 Å². The molecule has 4 heterocycles. The summed E-state index contributed by atoms with van der Waals surface area (Å²) in [5.74, 6) is 0.910. The molecule has 1 aromatic rings. The van der Waals surface area contributed by atoms with Crippen molar-refractivity contribution >= 4 is 11.9 Å². The number of fused-ring (bicyclic) bond motifs is 1. The van der Waals surface area contributed by atoms with Gasteiger partial charge in [-0.25, -0.2) is 4.98 Å². The van der Waals surface area contributed by atoms with Gasteiger partial charge in [0.15, 0.2) is 0 Å². The van der Waals surface area contributed by atoms with E-state index in [0.29, 0.717) is 25.2 Å². The zero-order valence-corrected chi connectivity index (χ0v) is 16.5. The highest BCUT2D eigenvalue weighted by Crippen LogP contribution is 2.24. The quantitative estimate of drug-likeness (QED) is 0.870. The molecule has 7 nitrogen and oxygen atoms in total. The van der Waals surface area contributed by atoms with Crippen LogP contribution in [0.2, 0.25) is 0 Å². The molecular weight excluding hydrogens is 342 g/mol. The predicted octanol–water partition coefficient (Wildman–Crippen LogP) is 1.52. The Morgan fingerprint density at radius 3 is 2.52 bits per heavy atom. The van der Waals surface area contributed by atoms with Crippen molar-refractivity contribution in [3.8, 4) is 0 Å². The molecule has 1 amide bonds. The Hall–Kier alpha value is -1.89. The van der Waals surface area contributed by atoms with Crippen LogP contribution in [0, 0.1) is 0 Å². The molecule has 3 aliphatic heterocycles. The van der Waals surface area contributed by atoms with Gasteiger partial charge in [-0.1, -0.05) is 0 Å². The number of likely N-dealkylation sites (tertiary alicyclic amines) is 1. The van der Waals surface area contributed by atoms with E-state index in [2.05, 4.69) is 33.5 Å². The third-order valence-corrected chi connectivity index (χ3v) is 6.38. The van der Waals surface area contributed by atoms with E-state index in [1.165, 1.54) is 6.42 Å². The number of carbonyl (C=O) groups is 1. The monoisotopic (exact) mass is 373 g/mol. The Kier molecular flexibility index (Phi) is 5.21. The highest BCUT2D eigenvalue weighted by atomic mass is 16.2. The molecule has 2 saturated heterocycles. The standard InChI is InChI=1S/C20H31N5O2/c1-14-6-5-7-15(2)25(14)18(26)13-23-11-8-17-16(12-23)19(27)22-20(21-17)24-9-3-4-10-24/h14-15H,3-13H2,1-2H3,(H,21,22,27)/t14-,15-/m1/s1. The lowest BCUT2D eigenvalue weighted by Crippen LogP contribution is -2.51. The van der Waals surface area contributed by atoms with Crippen LogP contribution in [0.25, 0.3) is 0 Å². The van der Waals surface area contributed by atoms with Crippen molar-refractivity contribution in [3.63, 3.8) is 0 Å². The summed E-state index contributed by atoms with van der Waals surface area (Å²) in [4.78, 5) is 39.5. The fraction of sp³-hybridized carbons (Fsp3) is 0.750. The van der Waals surface area contributed by atoms with E-state index < -0.39 is 0 Å². The van der Waals surface area contributed by atoms with Gasteiger partial charge in [0.1, 0.15) is 0 Å². The van der Waals surface area contributed by atoms with Gasteiger partial charge in [0.25, 0.3) is 5.56 Å². The average Bonchev–Trinajstić information content (AvgIpc) is 3.16. The van der Waals surface area contributed by atoms with Crippen molar-refractivity contribution < 1.29 is 4.79 Å². The number of aromatic nitrogens is 2. The minimum Gasteiger partial charge on any atom is -0.342 e. The molecule has 0 radical (unpaired) electrons. The summed E-state index contributed by atoms with van der Waals surface area (Å²) in [5, 5.41) is 0. The van der Waals surface area contributed by atoms with Crippen LogP contribution >= 0.6 is 0 Å².